The maximum atomic E-state index is 4.95. The smallest absolute Gasteiger partial charge is 0.189 e. The van der Waals surface area contributed by atoms with Gasteiger partial charge in [0.25, 0.3) is 0 Å². The van der Waals surface area contributed by atoms with E-state index in [-0.39, 0.29) is 0 Å². The molecule has 0 saturated heterocycles. The topological polar surface area (TPSA) is 40.8 Å². The van der Waals surface area contributed by atoms with Crippen molar-refractivity contribution in [2.45, 2.75) is 0 Å². The zero-order valence-electron chi connectivity index (χ0n) is 7.52. The van der Waals surface area contributed by atoms with Crippen LogP contribution in [0.15, 0.2) is 28.1 Å². The highest BCUT2D eigenvalue weighted by Crippen LogP contribution is 1.94. The highest BCUT2D eigenvalue weighted by atomic mass is 32.1. The third-order valence-electron chi connectivity index (χ3n) is 1.32. The molecule has 0 amide bonds. The largest absolute Gasteiger partial charge is 0.472 e. The molecule has 1 N–H and O–H groups in total. The molecular weight excluding hydrogens is 186 g/mol. The molecule has 70 valence electrons. The summed E-state index contributed by atoms with van der Waals surface area (Å²) in [5.41, 5.74) is 3.60. The molecular formula is C8H11N3OS. The predicted molar refractivity (Wildman–Crippen MR) is 55.7 cm³/mol. The number of rotatable bonds is 2. The lowest BCUT2D eigenvalue weighted by Gasteiger charge is -2.11. The lowest BCUT2D eigenvalue weighted by Crippen LogP contribution is -2.30. The first kappa shape index (κ1) is 9.73. The van der Waals surface area contributed by atoms with E-state index in [1.54, 1.807) is 23.6 Å². The zero-order chi connectivity index (χ0) is 9.68. The molecule has 1 rings (SSSR count). The molecule has 1 aromatic rings. The summed E-state index contributed by atoms with van der Waals surface area (Å²) in [5, 5.41) is 4.49. The Kier molecular flexibility index (Phi) is 3.45. The van der Waals surface area contributed by atoms with E-state index in [4.69, 9.17) is 16.6 Å². The Morgan fingerprint density at radius 2 is 2.46 bits per heavy atom. The summed E-state index contributed by atoms with van der Waals surface area (Å²) in [6.45, 7) is 0. The van der Waals surface area contributed by atoms with Gasteiger partial charge in [0.05, 0.1) is 18.7 Å². The Morgan fingerprint density at radius 1 is 1.69 bits per heavy atom. The van der Waals surface area contributed by atoms with Gasteiger partial charge in [0.15, 0.2) is 5.11 Å². The van der Waals surface area contributed by atoms with Gasteiger partial charge in [-0.3, -0.25) is 5.43 Å². The molecule has 4 nitrogen and oxygen atoms in total. The zero-order valence-corrected chi connectivity index (χ0v) is 8.34. The van der Waals surface area contributed by atoms with Gasteiger partial charge in [0, 0.05) is 19.7 Å². The van der Waals surface area contributed by atoms with Crippen molar-refractivity contribution in [3.8, 4) is 0 Å². The molecule has 0 spiro atoms. The predicted octanol–water partition coefficient (Wildman–Crippen LogP) is 1.05. The highest BCUT2D eigenvalue weighted by Gasteiger charge is 1.93. The van der Waals surface area contributed by atoms with Crippen LogP contribution in [-0.4, -0.2) is 30.3 Å². The van der Waals surface area contributed by atoms with Crippen LogP contribution in [0.2, 0.25) is 0 Å². The van der Waals surface area contributed by atoms with E-state index in [1.165, 1.54) is 0 Å². The van der Waals surface area contributed by atoms with E-state index in [2.05, 4.69) is 10.5 Å². The normalized spacial score (nSPS) is 10.3. The van der Waals surface area contributed by atoms with Gasteiger partial charge in [-0.15, -0.1) is 0 Å². The van der Waals surface area contributed by atoms with Crippen LogP contribution in [0.4, 0.5) is 0 Å². The van der Waals surface area contributed by atoms with Crippen LogP contribution in [0.1, 0.15) is 5.56 Å². The van der Waals surface area contributed by atoms with Gasteiger partial charge in [-0.2, -0.15) is 5.10 Å². The third-order valence-corrected chi connectivity index (χ3v) is 1.78. The molecule has 0 aliphatic carbocycles. The number of hydrogen-bond donors (Lipinski definition) is 1. The molecule has 0 aliphatic heterocycles. The average Bonchev–Trinajstić information content (AvgIpc) is 2.56. The molecule has 0 unspecified atom stereocenters. The standard InChI is InChI=1S/C8H11N3OS/c1-11(2)8(13)10-9-5-7-3-4-12-6-7/h3-6H,1-2H3,(H,10,13)/b9-5+. The number of nitrogens with one attached hydrogen (secondary N) is 1. The van der Waals surface area contributed by atoms with Crippen molar-refractivity contribution >= 4 is 23.5 Å². The van der Waals surface area contributed by atoms with Crippen LogP contribution in [0.5, 0.6) is 0 Å². The number of nitrogens with zero attached hydrogens (tertiary/aromatic N) is 2. The molecule has 1 heterocycles. The highest BCUT2D eigenvalue weighted by molar-refractivity contribution is 7.80. The van der Waals surface area contributed by atoms with Crippen LogP contribution in [0.3, 0.4) is 0 Å². The molecule has 0 atom stereocenters. The van der Waals surface area contributed by atoms with Crippen molar-refractivity contribution in [3.05, 3.63) is 24.2 Å². The minimum absolute atomic E-state index is 0.569. The quantitative estimate of drug-likeness (QED) is 0.437. The lowest BCUT2D eigenvalue weighted by atomic mass is 10.4. The van der Waals surface area contributed by atoms with E-state index in [9.17, 15) is 0 Å². The van der Waals surface area contributed by atoms with Crippen molar-refractivity contribution in [1.82, 2.24) is 10.3 Å². The fourth-order valence-corrected chi connectivity index (χ4v) is 0.663. The van der Waals surface area contributed by atoms with Crippen LogP contribution in [0, 0.1) is 0 Å². The second kappa shape index (κ2) is 4.61. The van der Waals surface area contributed by atoms with E-state index < -0.39 is 0 Å². The molecule has 0 fully saturated rings. The van der Waals surface area contributed by atoms with E-state index in [0.717, 1.165) is 5.56 Å². The molecule has 0 bridgehead atoms. The molecule has 0 saturated carbocycles. The first-order valence-corrected chi connectivity index (χ1v) is 4.13. The molecule has 0 aromatic carbocycles. The number of hydrogen-bond acceptors (Lipinski definition) is 3. The van der Waals surface area contributed by atoms with Crippen LogP contribution in [-0.2, 0) is 0 Å². The minimum atomic E-state index is 0.569. The summed E-state index contributed by atoms with van der Waals surface area (Å²) in [5.74, 6) is 0. The maximum absolute atomic E-state index is 4.95. The fourth-order valence-electron chi connectivity index (χ4n) is 0.610. The van der Waals surface area contributed by atoms with Crippen molar-refractivity contribution in [3.63, 3.8) is 0 Å². The molecule has 1 aromatic heterocycles. The summed E-state index contributed by atoms with van der Waals surface area (Å²) in [6.07, 6.45) is 4.83. The Labute approximate surface area is 82.2 Å². The fraction of sp³-hybridized carbons (Fsp3) is 0.250. The van der Waals surface area contributed by atoms with Crippen molar-refractivity contribution in [1.29, 1.82) is 0 Å². The number of hydrazone groups is 1. The van der Waals surface area contributed by atoms with Gasteiger partial charge in [0.1, 0.15) is 0 Å². The first-order valence-electron chi connectivity index (χ1n) is 3.72. The van der Waals surface area contributed by atoms with Gasteiger partial charge in [-0.25, -0.2) is 0 Å². The molecule has 5 heteroatoms. The second-order valence-corrected chi connectivity index (χ2v) is 3.01. The Balaban J connectivity index is 2.39. The number of furan rings is 1. The summed E-state index contributed by atoms with van der Waals surface area (Å²) in [7, 11) is 3.70. The van der Waals surface area contributed by atoms with E-state index >= 15 is 0 Å². The average molecular weight is 197 g/mol. The van der Waals surface area contributed by atoms with Gasteiger partial charge in [-0.1, -0.05) is 0 Å². The Morgan fingerprint density at radius 3 is 3.00 bits per heavy atom. The monoisotopic (exact) mass is 197 g/mol. The van der Waals surface area contributed by atoms with Gasteiger partial charge >= 0.3 is 0 Å². The minimum Gasteiger partial charge on any atom is -0.472 e. The SMILES string of the molecule is CN(C)C(=S)N/N=C/c1ccoc1. The van der Waals surface area contributed by atoms with Crippen molar-refractivity contribution in [2.75, 3.05) is 14.1 Å². The summed E-state index contributed by atoms with van der Waals surface area (Å²) >= 11 is 4.95. The Bertz CT molecular complexity index is 292. The lowest BCUT2D eigenvalue weighted by molar-refractivity contribution is 0.567. The van der Waals surface area contributed by atoms with Crippen LogP contribution in [0.25, 0.3) is 0 Å². The third kappa shape index (κ3) is 3.25. The van der Waals surface area contributed by atoms with Crippen molar-refractivity contribution < 1.29 is 4.42 Å². The van der Waals surface area contributed by atoms with Crippen LogP contribution >= 0.6 is 12.2 Å². The van der Waals surface area contributed by atoms with E-state index in [1.807, 2.05) is 20.2 Å². The first-order chi connectivity index (χ1) is 6.20. The van der Waals surface area contributed by atoms with Crippen molar-refractivity contribution in [2.24, 2.45) is 5.10 Å². The summed E-state index contributed by atoms with van der Waals surface area (Å²) in [4.78, 5) is 1.77. The van der Waals surface area contributed by atoms with Gasteiger partial charge in [-0.05, 0) is 18.3 Å². The second-order valence-electron chi connectivity index (χ2n) is 2.63. The maximum Gasteiger partial charge on any atom is 0.189 e. The summed E-state index contributed by atoms with van der Waals surface area (Å²) < 4.78 is 4.86. The van der Waals surface area contributed by atoms with Gasteiger partial charge < -0.3 is 9.32 Å². The summed E-state index contributed by atoms with van der Waals surface area (Å²) in [6, 6.07) is 1.81. The molecule has 0 aliphatic rings. The Hall–Kier alpha value is -1.36. The molecule has 0 radical (unpaired) electrons. The molecule has 13 heavy (non-hydrogen) atoms. The van der Waals surface area contributed by atoms with E-state index in [0.29, 0.717) is 5.11 Å². The number of thiocarbonyl (C=S) groups is 1. The van der Waals surface area contributed by atoms with Crippen LogP contribution < -0.4 is 5.43 Å². The van der Waals surface area contributed by atoms with Gasteiger partial charge in [0.2, 0.25) is 0 Å².